The van der Waals surface area contributed by atoms with Gasteiger partial charge in [-0.2, -0.15) is 0 Å². The Kier molecular flexibility index (Phi) is 5.26. The molecular formula is C24H25FN2O4. The number of para-hydroxylation sites is 1. The molecule has 7 heteroatoms. The van der Waals surface area contributed by atoms with E-state index in [0.29, 0.717) is 18.0 Å². The normalized spacial score (nSPS) is 20.5. The highest BCUT2D eigenvalue weighted by atomic mass is 19.1. The molecule has 2 heterocycles. The van der Waals surface area contributed by atoms with Crippen LogP contribution in [0.5, 0.6) is 11.5 Å². The molecule has 31 heavy (non-hydrogen) atoms. The molecule has 0 spiro atoms. The average Bonchev–Trinajstić information content (AvgIpc) is 3.52. The molecule has 1 saturated heterocycles. The summed E-state index contributed by atoms with van der Waals surface area (Å²) in [4.78, 5) is 29.5. The Balaban J connectivity index is 1.36. The van der Waals surface area contributed by atoms with E-state index in [4.69, 9.17) is 9.47 Å². The number of amides is 2. The van der Waals surface area contributed by atoms with Crippen molar-refractivity contribution in [1.29, 1.82) is 0 Å². The molecule has 2 fully saturated rings. The Morgan fingerprint density at radius 1 is 1.10 bits per heavy atom. The van der Waals surface area contributed by atoms with Crippen molar-refractivity contribution in [2.24, 2.45) is 5.92 Å². The van der Waals surface area contributed by atoms with Gasteiger partial charge in [-0.25, -0.2) is 4.39 Å². The van der Waals surface area contributed by atoms with Crippen LogP contribution in [0.4, 0.5) is 10.1 Å². The summed E-state index contributed by atoms with van der Waals surface area (Å²) in [5.74, 6) is 0.246. The van der Waals surface area contributed by atoms with Gasteiger partial charge in [0.05, 0.1) is 11.6 Å². The van der Waals surface area contributed by atoms with Gasteiger partial charge in [-0.1, -0.05) is 31.0 Å². The van der Waals surface area contributed by atoms with Crippen LogP contribution in [-0.4, -0.2) is 36.1 Å². The van der Waals surface area contributed by atoms with E-state index < -0.39 is 11.7 Å². The van der Waals surface area contributed by atoms with E-state index >= 15 is 0 Å². The Bertz CT molecular complexity index is 1000. The lowest BCUT2D eigenvalue weighted by Gasteiger charge is -2.31. The number of hydrogen-bond donors (Lipinski definition) is 0. The van der Waals surface area contributed by atoms with Crippen LogP contribution < -0.4 is 14.4 Å². The maximum atomic E-state index is 14.2. The highest BCUT2D eigenvalue weighted by Gasteiger charge is 2.40. The van der Waals surface area contributed by atoms with E-state index in [1.54, 1.807) is 18.2 Å². The van der Waals surface area contributed by atoms with Gasteiger partial charge in [0.2, 0.25) is 18.6 Å². The third-order valence-corrected chi connectivity index (χ3v) is 6.46. The van der Waals surface area contributed by atoms with Crippen molar-refractivity contribution in [3.05, 3.63) is 53.8 Å². The molecule has 3 aliphatic rings. The van der Waals surface area contributed by atoms with Crippen molar-refractivity contribution in [2.45, 2.75) is 44.7 Å². The summed E-state index contributed by atoms with van der Waals surface area (Å²) in [5.41, 5.74) is 1.21. The van der Waals surface area contributed by atoms with Crippen molar-refractivity contribution in [2.75, 3.05) is 18.2 Å². The number of ether oxygens (including phenoxy) is 2. The highest BCUT2D eigenvalue weighted by molar-refractivity contribution is 6.00. The van der Waals surface area contributed by atoms with Crippen molar-refractivity contribution in [3.8, 4) is 11.5 Å². The maximum absolute atomic E-state index is 14.2. The summed E-state index contributed by atoms with van der Waals surface area (Å²) in [6, 6.07) is 12.1. The summed E-state index contributed by atoms with van der Waals surface area (Å²) < 4.78 is 25.1. The summed E-state index contributed by atoms with van der Waals surface area (Å²) >= 11 is 0. The lowest BCUT2D eigenvalue weighted by molar-refractivity contribution is -0.138. The molecule has 0 aromatic heterocycles. The van der Waals surface area contributed by atoms with Crippen LogP contribution in [0.3, 0.4) is 0 Å². The second-order valence-corrected chi connectivity index (χ2v) is 8.45. The quantitative estimate of drug-likeness (QED) is 0.731. The topological polar surface area (TPSA) is 59.1 Å². The minimum absolute atomic E-state index is 0.0308. The van der Waals surface area contributed by atoms with Crippen LogP contribution >= 0.6 is 0 Å². The first kappa shape index (κ1) is 19.8. The third-order valence-electron chi connectivity index (χ3n) is 6.46. The first-order valence-corrected chi connectivity index (χ1v) is 10.8. The van der Waals surface area contributed by atoms with Crippen LogP contribution in [-0.2, 0) is 16.1 Å². The van der Waals surface area contributed by atoms with Crippen LogP contribution in [0, 0.1) is 11.7 Å². The van der Waals surface area contributed by atoms with Crippen LogP contribution in [0.1, 0.15) is 37.7 Å². The lowest BCUT2D eigenvalue weighted by Crippen LogP contribution is -2.42. The molecule has 0 N–H and O–H groups in total. The Morgan fingerprint density at radius 2 is 1.87 bits per heavy atom. The van der Waals surface area contributed by atoms with E-state index in [1.807, 2.05) is 23.1 Å². The largest absolute Gasteiger partial charge is 0.454 e. The maximum Gasteiger partial charge on any atom is 0.231 e. The summed E-state index contributed by atoms with van der Waals surface area (Å²) in [6.07, 6.45) is 4.24. The first-order chi connectivity index (χ1) is 15.1. The second-order valence-electron chi connectivity index (χ2n) is 8.45. The molecule has 1 atom stereocenters. The van der Waals surface area contributed by atoms with Gasteiger partial charge in [0, 0.05) is 25.6 Å². The number of fused-ring (bicyclic) bond motifs is 1. The number of benzene rings is 2. The first-order valence-electron chi connectivity index (χ1n) is 10.8. The molecule has 0 unspecified atom stereocenters. The number of halogens is 1. The molecule has 2 aromatic carbocycles. The number of anilines is 1. The minimum Gasteiger partial charge on any atom is -0.454 e. The van der Waals surface area contributed by atoms with E-state index in [-0.39, 0.29) is 43.3 Å². The molecule has 1 aliphatic carbocycles. The lowest BCUT2D eigenvalue weighted by atomic mass is 10.0. The number of carbonyl (C=O) groups is 2. The smallest absolute Gasteiger partial charge is 0.231 e. The zero-order valence-electron chi connectivity index (χ0n) is 17.3. The zero-order valence-corrected chi connectivity index (χ0v) is 17.3. The molecule has 2 aromatic rings. The fourth-order valence-corrected chi connectivity index (χ4v) is 4.85. The van der Waals surface area contributed by atoms with Gasteiger partial charge in [-0.15, -0.1) is 0 Å². The second kappa shape index (κ2) is 8.21. The molecule has 0 bridgehead atoms. The zero-order chi connectivity index (χ0) is 21.4. The van der Waals surface area contributed by atoms with E-state index in [9.17, 15) is 14.0 Å². The monoisotopic (exact) mass is 424 g/mol. The molecule has 2 amide bonds. The van der Waals surface area contributed by atoms with Crippen LogP contribution in [0.25, 0.3) is 0 Å². The van der Waals surface area contributed by atoms with Crippen LogP contribution in [0.2, 0.25) is 0 Å². The predicted molar refractivity (Wildman–Crippen MR) is 112 cm³/mol. The van der Waals surface area contributed by atoms with E-state index in [0.717, 1.165) is 31.2 Å². The van der Waals surface area contributed by atoms with E-state index in [2.05, 4.69) is 0 Å². The molecule has 0 radical (unpaired) electrons. The number of hydrogen-bond acceptors (Lipinski definition) is 4. The minimum atomic E-state index is -0.471. The molecule has 1 saturated carbocycles. The van der Waals surface area contributed by atoms with Crippen molar-refractivity contribution < 1.29 is 23.5 Å². The summed E-state index contributed by atoms with van der Waals surface area (Å²) in [5, 5.41) is 0. The third kappa shape index (κ3) is 3.84. The Hall–Kier alpha value is -3.09. The van der Waals surface area contributed by atoms with Crippen molar-refractivity contribution in [1.82, 2.24) is 4.90 Å². The SMILES string of the molecule is O=C1C[C@H](C(=O)N(Cc2ccc3c(c2)OCO3)C2CCCC2)CN1c1ccccc1F. The highest BCUT2D eigenvalue weighted by Crippen LogP contribution is 2.35. The molecular weight excluding hydrogens is 399 g/mol. The van der Waals surface area contributed by atoms with Gasteiger partial charge in [-0.05, 0) is 42.7 Å². The Morgan fingerprint density at radius 3 is 2.68 bits per heavy atom. The van der Waals surface area contributed by atoms with Gasteiger partial charge < -0.3 is 19.3 Å². The molecule has 6 nitrogen and oxygen atoms in total. The fraction of sp³-hybridized carbons (Fsp3) is 0.417. The summed E-state index contributed by atoms with van der Waals surface area (Å²) in [6.45, 7) is 0.883. The van der Waals surface area contributed by atoms with Gasteiger partial charge in [-0.3, -0.25) is 9.59 Å². The fourth-order valence-electron chi connectivity index (χ4n) is 4.85. The van der Waals surface area contributed by atoms with Gasteiger partial charge in [0.15, 0.2) is 11.5 Å². The van der Waals surface area contributed by atoms with Gasteiger partial charge in [0.1, 0.15) is 5.82 Å². The predicted octanol–water partition coefficient (Wildman–Crippen LogP) is 3.88. The average molecular weight is 424 g/mol. The van der Waals surface area contributed by atoms with Gasteiger partial charge >= 0.3 is 0 Å². The van der Waals surface area contributed by atoms with Crippen LogP contribution in [0.15, 0.2) is 42.5 Å². The molecule has 2 aliphatic heterocycles. The number of nitrogens with zero attached hydrogens (tertiary/aromatic N) is 2. The molecule has 5 rings (SSSR count). The Labute approximate surface area is 180 Å². The molecule has 162 valence electrons. The van der Waals surface area contributed by atoms with E-state index in [1.165, 1.54) is 11.0 Å². The van der Waals surface area contributed by atoms with Crippen molar-refractivity contribution >= 4 is 17.5 Å². The number of rotatable bonds is 5. The van der Waals surface area contributed by atoms with Crippen molar-refractivity contribution in [3.63, 3.8) is 0 Å². The number of carbonyl (C=O) groups excluding carboxylic acids is 2. The standard InChI is InChI=1S/C24H25FN2O4/c25-19-7-3-4-8-20(19)27-14-17(12-23(27)28)24(29)26(18-5-1-2-6-18)13-16-9-10-21-22(11-16)31-15-30-21/h3-4,7-11,17-18H,1-2,5-6,12-15H2/t17-/m0/s1. The van der Waals surface area contributed by atoms with Gasteiger partial charge in [0.25, 0.3) is 0 Å². The summed E-state index contributed by atoms with van der Waals surface area (Å²) in [7, 11) is 0.